The molecule has 1 fully saturated rings. The molecular weight excluding hydrogens is 549 g/mol. The highest BCUT2D eigenvalue weighted by atomic mass is 35.5. The molecule has 2 aromatic heterocycles. The summed E-state index contributed by atoms with van der Waals surface area (Å²) in [7, 11) is -2.97. The molecule has 2 heterocycles. The standard InChI is InChI=1S/C26H27ClFN5O5S/c1-14-19(16-12-29-33(13-16)18-5-4-6-18)8-9-20(28)23(14)15(2)24(25-30-31-26(34)38-25)32-39(35,36)22-10-7-17(27)11-21(22)37-3/h7-13,15,18,24,32H,4-6H2,1-3H3,(H,31,34)/t15-,24+/m1/s1. The molecule has 0 aliphatic heterocycles. The Bertz CT molecular complexity index is 1680. The third kappa shape index (κ3) is 5.23. The normalized spacial score (nSPS) is 15.6. The van der Waals surface area contributed by atoms with Crippen LogP contribution in [0, 0.1) is 12.7 Å². The predicted octanol–water partition coefficient (Wildman–Crippen LogP) is 4.88. The van der Waals surface area contributed by atoms with Crippen LogP contribution in [-0.2, 0) is 10.0 Å². The Labute approximate surface area is 229 Å². The summed E-state index contributed by atoms with van der Waals surface area (Å²) in [6, 6.07) is 6.18. The van der Waals surface area contributed by atoms with Crippen molar-refractivity contribution in [2.24, 2.45) is 0 Å². The van der Waals surface area contributed by atoms with E-state index in [0.29, 0.717) is 11.6 Å². The predicted molar refractivity (Wildman–Crippen MR) is 142 cm³/mol. The Hall–Kier alpha value is -3.48. The van der Waals surface area contributed by atoms with Crippen molar-refractivity contribution in [3.05, 3.63) is 81.1 Å². The topological polar surface area (TPSA) is 132 Å². The first kappa shape index (κ1) is 27.1. The van der Waals surface area contributed by atoms with E-state index in [-0.39, 0.29) is 27.1 Å². The zero-order chi connectivity index (χ0) is 27.9. The van der Waals surface area contributed by atoms with Gasteiger partial charge in [-0.05, 0) is 61.1 Å². The molecule has 0 unspecified atom stereocenters. The van der Waals surface area contributed by atoms with E-state index in [9.17, 15) is 13.2 Å². The molecule has 0 amide bonds. The average molecular weight is 576 g/mol. The van der Waals surface area contributed by atoms with Crippen molar-refractivity contribution in [2.75, 3.05) is 7.11 Å². The number of H-pyrrole nitrogens is 1. The smallest absolute Gasteiger partial charge is 0.434 e. The third-order valence-electron chi connectivity index (χ3n) is 7.20. The van der Waals surface area contributed by atoms with Crippen LogP contribution in [0.4, 0.5) is 4.39 Å². The Balaban J connectivity index is 1.56. The van der Waals surface area contributed by atoms with Crippen LogP contribution in [0.5, 0.6) is 5.75 Å². The van der Waals surface area contributed by atoms with Crippen LogP contribution >= 0.6 is 11.6 Å². The zero-order valence-electron chi connectivity index (χ0n) is 21.4. The largest absolute Gasteiger partial charge is 0.495 e. The molecule has 0 saturated heterocycles. The van der Waals surface area contributed by atoms with Gasteiger partial charge in [-0.25, -0.2) is 22.7 Å². The number of halogens is 2. The minimum atomic E-state index is -4.29. The van der Waals surface area contributed by atoms with Gasteiger partial charge in [0.1, 0.15) is 22.5 Å². The summed E-state index contributed by atoms with van der Waals surface area (Å²) in [4.78, 5) is 11.6. The molecule has 1 aliphatic rings. The fourth-order valence-electron chi connectivity index (χ4n) is 4.90. The molecule has 0 radical (unpaired) electrons. The molecular formula is C26H27ClFN5O5S. The van der Waals surface area contributed by atoms with Gasteiger partial charge in [-0.15, -0.1) is 5.10 Å². The van der Waals surface area contributed by atoms with E-state index >= 15 is 4.39 Å². The van der Waals surface area contributed by atoms with Crippen molar-refractivity contribution >= 4 is 21.6 Å². The maximum atomic E-state index is 15.4. The molecule has 2 aromatic carbocycles. The van der Waals surface area contributed by atoms with Gasteiger partial charge in [0, 0.05) is 28.8 Å². The van der Waals surface area contributed by atoms with Crippen LogP contribution in [0.3, 0.4) is 0 Å². The number of nitrogens with zero attached hydrogens (tertiary/aromatic N) is 3. The summed E-state index contributed by atoms with van der Waals surface area (Å²) < 4.78 is 57.3. The number of hydrogen-bond donors (Lipinski definition) is 2. The van der Waals surface area contributed by atoms with E-state index in [4.69, 9.17) is 20.8 Å². The van der Waals surface area contributed by atoms with Crippen LogP contribution in [0.1, 0.15) is 61.2 Å². The number of aromatic amines is 1. The molecule has 1 saturated carbocycles. The lowest BCUT2D eigenvalue weighted by Gasteiger charge is -2.26. The van der Waals surface area contributed by atoms with Gasteiger partial charge in [0.15, 0.2) is 0 Å². The maximum Gasteiger partial charge on any atom is 0.434 e. The Morgan fingerprint density at radius 1 is 1.28 bits per heavy atom. The van der Waals surface area contributed by atoms with Crippen molar-refractivity contribution in [3.63, 3.8) is 0 Å². The first-order chi connectivity index (χ1) is 18.6. The molecule has 39 heavy (non-hydrogen) atoms. The molecule has 10 nitrogen and oxygen atoms in total. The SMILES string of the molecule is COc1cc(Cl)ccc1S(=O)(=O)N[C@H](c1n[nH]c(=O)o1)[C@H](C)c1c(F)ccc(-c2cnn(C3CCC3)c2)c1C. The number of nitrogens with one attached hydrogen (secondary N) is 2. The number of aromatic nitrogens is 4. The summed E-state index contributed by atoms with van der Waals surface area (Å²) in [6.45, 7) is 3.40. The molecule has 2 atom stereocenters. The number of hydrogen-bond acceptors (Lipinski definition) is 7. The van der Waals surface area contributed by atoms with Gasteiger partial charge in [0.05, 0.1) is 19.3 Å². The van der Waals surface area contributed by atoms with Crippen LogP contribution in [0.2, 0.25) is 5.02 Å². The van der Waals surface area contributed by atoms with E-state index in [2.05, 4.69) is 20.0 Å². The first-order valence-electron chi connectivity index (χ1n) is 12.3. The minimum absolute atomic E-state index is 0.0118. The van der Waals surface area contributed by atoms with E-state index in [1.807, 2.05) is 10.9 Å². The maximum absolute atomic E-state index is 15.4. The fraction of sp³-hybridized carbons (Fsp3) is 0.346. The van der Waals surface area contributed by atoms with Crippen molar-refractivity contribution in [3.8, 4) is 16.9 Å². The van der Waals surface area contributed by atoms with Gasteiger partial charge in [0.2, 0.25) is 15.9 Å². The quantitative estimate of drug-likeness (QED) is 0.290. The molecule has 0 bridgehead atoms. The summed E-state index contributed by atoms with van der Waals surface area (Å²) in [5.41, 5.74) is 2.42. The van der Waals surface area contributed by atoms with Gasteiger partial charge in [-0.2, -0.15) is 9.82 Å². The van der Waals surface area contributed by atoms with Gasteiger partial charge >= 0.3 is 5.76 Å². The highest BCUT2D eigenvalue weighted by Crippen LogP contribution is 2.39. The third-order valence-corrected chi connectivity index (χ3v) is 8.91. The molecule has 2 N–H and O–H groups in total. The highest BCUT2D eigenvalue weighted by molar-refractivity contribution is 7.89. The van der Waals surface area contributed by atoms with E-state index in [1.54, 1.807) is 26.1 Å². The Morgan fingerprint density at radius 3 is 2.69 bits per heavy atom. The summed E-state index contributed by atoms with van der Waals surface area (Å²) in [5.74, 6) is -2.50. The number of benzene rings is 2. The van der Waals surface area contributed by atoms with E-state index in [0.717, 1.165) is 24.0 Å². The fourth-order valence-corrected chi connectivity index (χ4v) is 6.48. The van der Waals surface area contributed by atoms with E-state index < -0.39 is 33.6 Å². The average Bonchev–Trinajstić information content (AvgIpc) is 3.50. The van der Waals surface area contributed by atoms with Gasteiger partial charge in [-0.3, -0.25) is 4.68 Å². The molecule has 4 aromatic rings. The van der Waals surface area contributed by atoms with Crippen LogP contribution in [0.15, 0.2) is 56.8 Å². The summed E-state index contributed by atoms with van der Waals surface area (Å²) in [6.07, 6.45) is 6.99. The number of sulfonamides is 1. The second kappa shape index (κ2) is 10.6. The zero-order valence-corrected chi connectivity index (χ0v) is 23.0. The second-order valence-electron chi connectivity index (χ2n) is 9.56. The highest BCUT2D eigenvalue weighted by Gasteiger charge is 2.35. The van der Waals surface area contributed by atoms with Gasteiger partial charge < -0.3 is 9.15 Å². The second-order valence-corrected chi connectivity index (χ2v) is 11.7. The van der Waals surface area contributed by atoms with Crippen molar-refractivity contribution in [1.29, 1.82) is 0 Å². The molecule has 13 heteroatoms. The lowest BCUT2D eigenvalue weighted by atomic mass is 9.86. The summed E-state index contributed by atoms with van der Waals surface area (Å²) in [5, 5.41) is 10.8. The van der Waals surface area contributed by atoms with Crippen LogP contribution in [-0.4, -0.2) is 35.5 Å². The monoisotopic (exact) mass is 575 g/mol. The van der Waals surface area contributed by atoms with Crippen LogP contribution in [0.25, 0.3) is 11.1 Å². The lowest BCUT2D eigenvalue weighted by molar-refractivity contribution is 0.289. The number of rotatable bonds is 9. The van der Waals surface area contributed by atoms with E-state index in [1.165, 1.54) is 37.8 Å². The Morgan fingerprint density at radius 2 is 2.05 bits per heavy atom. The summed E-state index contributed by atoms with van der Waals surface area (Å²) >= 11 is 6.00. The number of methoxy groups -OCH3 is 1. The minimum Gasteiger partial charge on any atom is -0.495 e. The van der Waals surface area contributed by atoms with Crippen molar-refractivity contribution in [2.45, 2.75) is 56.0 Å². The van der Waals surface area contributed by atoms with Crippen LogP contribution < -0.4 is 15.2 Å². The van der Waals surface area contributed by atoms with Gasteiger partial charge in [0.25, 0.3) is 0 Å². The van der Waals surface area contributed by atoms with Crippen molar-refractivity contribution < 1.29 is 22.0 Å². The number of ether oxygens (including phenoxy) is 1. The van der Waals surface area contributed by atoms with Gasteiger partial charge in [-0.1, -0.05) is 24.6 Å². The first-order valence-corrected chi connectivity index (χ1v) is 14.2. The molecule has 206 valence electrons. The Kier molecular flexibility index (Phi) is 7.36. The lowest BCUT2D eigenvalue weighted by Crippen LogP contribution is -2.33. The molecule has 5 rings (SSSR count). The van der Waals surface area contributed by atoms with Crippen molar-refractivity contribution in [1.82, 2.24) is 24.7 Å². The molecule has 0 spiro atoms. The molecule has 1 aliphatic carbocycles.